The van der Waals surface area contributed by atoms with Crippen molar-refractivity contribution in [2.75, 3.05) is 0 Å². The second-order valence-electron chi connectivity index (χ2n) is 1.30. The number of hydrogen-bond donors (Lipinski definition) is 0. The lowest BCUT2D eigenvalue weighted by molar-refractivity contribution is 1.29. The zero-order valence-corrected chi connectivity index (χ0v) is 6.76. The fraction of sp³-hybridized carbons (Fsp3) is 0. The van der Waals surface area contributed by atoms with E-state index in [2.05, 4.69) is 57.9 Å². The van der Waals surface area contributed by atoms with E-state index < -0.39 is 0 Å². The van der Waals surface area contributed by atoms with E-state index in [4.69, 9.17) is 0 Å². The number of aliphatic imine (C=N–C) groups is 2. The van der Waals surface area contributed by atoms with E-state index in [9.17, 15) is 0 Å². The minimum Gasteiger partial charge on any atom is -0.193 e. The Labute approximate surface area is 69.7 Å². The first-order valence-electron chi connectivity index (χ1n) is 2.26. The molecule has 0 heterocycles. The summed E-state index contributed by atoms with van der Waals surface area (Å²) >= 11 is 8.65. The minimum atomic E-state index is 0.354. The van der Waals surface area contributed by atoms with Gasteiger partial charge in [0.25, 0.3) is 0 Å². The average Bonchev–Trinajstić information content (AvgIpc) is 1.89. The van der Waals surface area contributed by atoms with Crippen molar-refractivity contribution >= 4 is 34.8 Å². The Hall–Kier alpha value is -0.920. The Morgan fingerprint density at radius 2 is 1.30 bits per heavy atom. The third kappa shape index (κ3) is 3.17. The molecular weight excluding hydrogens is 164 g/mol. The van der Waals surface area contributed by atoms with E-state index in [1.54, 1.807) is 0 Å². The molecule has 50 valence electrons. The summed E-state index contributed by atoms with van der Waals surface area (Å²) in [4.78, 5) is 7.07. The molecule has 0 N–H and O–H groups in total. The van der Waals surface area contributed by atoms with E-state index >= 15 is 0 Å². The molecule has 0 saturated heterocycles. The predicted octanol–water partition coefficient (Wildman–Crippen LogP) is 2.22. The van der Waals surface area contributed by atoms with Crippen molar-refractivity contribution in [2.24, 2.45) is 9.98 Å². The minimum absolute atomic E-state index is 0.354. The van der Waals surface area contributed by atoms with Gasteiger partial charge >= 0.3 is 0 Å². The van der Waals surface area contributed by atoms with Gasteiger partial charge < -0.3 is 0 Å². The third-order valence-corrected chi connectivity index (χ3v) is 0.877. The molecule has 0 fully saturated rings. The molecule has 0 aromatic carbocycles. The molecular formula is C6H4N2S2. The Balaban J connectivity index is 4.37. The lowest BCUT2D eigenvalue weighted by atomic mass is 10.4. The molecule has 0 aromatic rings. The molecule has 0 aliphatic carbocycles. The maximum atomic E-state index is 4.32. The highest BCUT2D eigenvalue weighted by Crippen LogP contribution is 2.05. The van der Waals surface area contributed by atoms with Crippen LogP contribution in [-0.2, 0) is 0 Å². The van der Waals surface area contributed by atoms with Crippen LogP contribution < -0.4 is 0 Å². The molecule has 0 amide bonds. The third-order valence-electron chi connectivity index (χ3n) is 0.694. The summed E-state index contributed by atoms with van der Waals surface area (Å²) < 4.78 is 0. The van der Waals surface area contributed by atoms with Gasteiger partial charge in [0, 0.05) is 0 Å². The van der Waals surface area contributed by atoms with Gasteiger partial charge in [-0.05, 0) is 24.4 Å². The molecule has 0 unspecified atom stereocenters. The van der Waals surface area contributed by atoms with Gasteiger partial charge in [0.05, 0.1) is 21.7 Å². The predicted molar refractivity (Wildman–Crippen MR) is 48.3 cm³/mol. The second-order valence-corrected chi connectivity index (χ2v) is 1.66. The summed E-state index contributed by atoms with van der Waals surface area (Å²) in [6, 6.07) is 0. The van der Waals surface area contributed by atoms with Crippen LogP contribution in [0.15, 0.2) is 34.5 Å². The van der Waals surface area contributed by atoms with Crippen molar-refractivity contribution in [2.45, 2.75) is 0 Å². The number of isothiocyanates is 2. The van der Waals surface area contributed by atoms with Crippen molar-refractivity contribution in [3.05, 3.63) is 24.6 Å². The van der Waals surface area contributed by atoms with E-state index in [-0.39, 0.29) is 0 Å². The SMILES string of the molecule is C=C(N=C=S)C(=C)N=C=S. The quantitative estimate of drug-likeness (QED) is 0.366. The Bertz CT molecular complexity index is 227. The number of nitrogens with zero attached hydrogens (tertiary/aromatic N) is 2. The molecule has 0 aliphatic rings. The lowest BCUT2D eigenvalue weighted by Crippen LogP contribution is -1.75. The van der Waals surface area contributed by atoms with Gasteiger partial charge in [0.2, 0.25) is 0 Å². The summed E-state index contributed by atoms with van der Waals surface area (Å²) in [5.74, 6) is 0. The van der Waals surface area contributed by atoms with Gasteiger partial charge in [-0.1, -0.05) is 13.2 Å². The summed E-state index contributed by atoms with van der Waals surface area (Å²) in [5.41, 5.74) is 0.708. The summed E-state index contributed by atoms with van der Waals surface area (Å²) in [5, 5.41) is 4.27. The fourth-order valence-corrected chi connectivity index (χ4v) is 0.460. The maximum absolute atomic E-state index is 4.32. The van der Waals surface area contributed by atoms with E-state index in [1.165, 1.54) is 0 Å². The zero-order valence-electron chi connectivity index (χ0n) is 5.13. The smallest absolute Gasteiger partial charge is 0.0926 e. The van der Waals surface area contributed by atoms with Crippen LogP contribution in [0.4, 0.5) is 0 Å². The molecule has 0 aliphatic heterocycles. The summed E-state index contributed by atoms with van der Waals surface area (Å²) in [6.45, 7) is 6.98. The Morgan fingerprint density at radius 1 is 1.00 bits per heavy atom. The van der Waals surface area contributed by atoms with Gasteiger partial charge in [0.1, 0.15) is 0 Å². The van der Waals surface area contributed by atoms with Crippen LogP contribution in [0.3, 0.4) is 0 Å². The molecule has 0 aromatic heterocycles. The van der Waals surface area contributed by atoms with Crippen molar-refractivity contribution in [1.82, 2.24) is 0 Å². The average molecular weight is 168 g/mol. The van der Waals surface area contributed by atoms with Crippen molar-refractivity contribution in [3.63, 3.8) is 0 Å². The zero-order chi connectivity index (χ0) is 7.98. The normalized spacial score (nSPS) is 6.80. The molecule has 10 heavy (non-hydrogen) atoms. The molecule has 0 atom stereocenters. The van der Waals surface area contributed by atoms with Crippen LogP contribution in [0.5, 0.6) is 0 Å². The lowest BCUT2D eigenvalue weighted by Gasteiger charge is -1.89. The number of thiocarbonyl (C=S) groups is 2. The molecule has 0 radical (unpaired) electrons. The largest absolute Gasteiger partial charge is 0.193 e. The van der Waals surface area contributed by atoms with E-state index in [0.717, 1.165) is 0 Å². The maximum Gasteiger partial charge on any atom is 0.0926 e. The van der Waals surface area contributed by atoms with Crippen LogP contribution in [-0.4, -0.2) is 10.3 Å². The fourth-order valence-electron chi connectivity index (χ4n) is 0.239. The topological polar surface area (TPSA) is 24.7 Å². The van der Waals surface area contributed by atoms with Gasteiger partial charge in [-0.15, -0.1) is 0 Å². The Kier molecular flexibility index (Phi) is 4.46. The summed E-state index contributed by atoms with van der Waals surface area (Å²) in [7, 11) is 0. The van der Waals surface area contributed by atoms with Gasteiger partial charge in [-0.25, -0.2) is 0 Å². The highest BCUT2D eigenvalue weighted by atomic mass is 32.1. The van der Waals surface area contributed by atoms with Gasteiger partial charge in [-0.2, -0.15) is 9.98 Å². The van der Waals surface area contributed by atoms with Crippen molar-refractivity contribution in [3.8, 4) is 0 Å². The van der Waals surface area contributed by atoms with Crippen LogP contribution in [0.1, 0.15) is 0 Å². The van der Waals surface area contributed by atoms with Crippen LogP contribution in [0.2, 0.25) is 0 Å². The first-order chi connectivity index (χ1) is 4.72. The van der Waals surface area contributed by atoms with Gasteiger partial charge in [-0.3, -0.25) is 0 Å². The summed E-state index contributed by atoms with van der Waals surface area (Å²) in [6.07, 6.45) is 0. The molecule has 2 nitrogen and oxygen atoms in total. The molecule has 0 spiro atoms. The number of rotatable bonds is 3. The highest BCUT2D eigenvalue weighted by molar-refractivity contribution is 7.78. The molecule has 4 heteroatoms. The molecule has 0 rings (SSSR count). The van der Waals surface area contributed by atoms with Crippen molar-refractivity contribution < 1.29 is 0 Å². The second kappa shape index (κ2) is 4.91. The van der Waals surface area contributed by atoms with Crippen molar-refractivity contribution in [1.29, 1.82) is 0 Å². The first-order valence-corrected chi connectivity index (χ1v) is 3.08. The van der Waals surface area contributed by atoms with E-state index in [0.29, 0.717) is 11.4 Å². The molecule has 0 bridgehead atoms. The van der Waals surface area contributed by atoms with E-state index in [1.807, 2.05) is 0 Å². The van der Waals surface area contributed by atoms with Crippen LogP contribution >= 0.6 is 24.4 Å². The van der Waals surface area contributed by atoms with Crippen LogP contribution in [0, 0.1) is 0 Å². The Morgan fingerprint density at radius 3 is 1.50 bits per heavy atom. The molecule has 0 saturated carbocycles. The highest BCUT2D eigenvalue weighted by Gasteiger charge is 1.91. The monoisotopic (exact) mass is 168 g/mol. The first kappa shape index (κ1) is 9.08. The number of hydrogen-bond acceptors (Lipinski definition) is 4. The van der Waals surface area contributed by atoms with Gasteiger partial charge in [0.15, 0.2) is 0 Å². The van der Waals surface area contributed by atoms with Crippen LogP contribution in [0.25, 0.3) is 0 Å². The standard InChI is InChI=1S/C6H4N2S2/c1-5(7-3-9)6(2)8-4-10/h1-2H2.